The van der Waals surface area contributed by atoms with Crippen LogP contribution in [0.25, 0.3) is 0 Å². The molecule has 0 radical (unpaired) electrons. The number of nitrogens with one attached hydrogen (secondary N) is 1. The van der Waals surface area contributed by atoms with Gasteiger partial charge in [0.1, 0.15) is 0 Å². The van der Waals surface area contributed by atoms with Gasteiger partial charge in [-0.25, -0.2) is 0 Å². The minimum absolute atomic E-state index is 0.0786. The molecule has 1 amide bonds. The zero-order valence-corrected chi connectivity index (χ0v) is 13.3. The lowest BCUT2D eigenvalue weighted by molar-refractivity contribution is -0.117. The summed E-state index contributed by atoms with van der Waals surface area (Å²) in [6, 6.07) is 6.16. The predicted octanol–water partition coefficient (Wildman–Crippen LogP) is 2.61. The second-order valence-corrected chi connectivity index (χ2v) is 5.72. The average Bonchev–Trinajstić information content (AvgIpc) is 2.50. The third kappa shape index (κ3) is 4.29. The Bertz CT molecular complexity index is 480. The number of likely N-dealkylation sites (tertiary alicyclic amines) is 1. The number of carbonyl (C=O) groups is 1. The molecule has 0 spiro atoms. The Kier molecular flexibility index (Phi) is 5.76. The third-order valence-corrected chi connectivity index (χ3v) is 4.24. The first-order valence-electron chi connectivity index (χ1n) is 7.77. The lowest BCUT2D eigenvalue weighted by Crippen LogP contribution is -2.41. The summed E-state index contributed by atoms with van der Waals surface area (Å²) < 4.78 is 5.36. The smallest absolute Gasteiger partial charge is 0.238 e. The summed E-state index contributed by atoms with van der Waals surface area (Å²) in [5.74, 6) is 0.0786. The molecule has 0 unspecified atom stereocenters. The molecule has 0 aliphatic carbocycles. The maximum absolute atomic E-state index is 12.3. The molecule has 1 heterocycles. The topological polar surface area (TPSA) is 41.6 Å². The van der Waals surface area contributed by atoms with Crippen LogP contribution >= 0.6 is 0 Å². The van der Waals surface area contributed by atoms with Crippen LogP contribution in [0.15, 0.2) is 18.2 Å². The first kappa shape index (κ1) is 16.0. The third-order valence-electron chi connectivity index (χ3n) is 4.24. The molecule has 21 heavy (non-hydrogen) atoms. The molecule has 0 saturated carbocycles. The van der Waals surface area contributed by atoms with E-state index < -0.39 is 0 Å². The van der Waals surface area contributed by atoms with Gasteiger partial charge in [-0.1, -0.05) is 25.1 Å². The number of rotatable bonds is 5. The van der Waals surface area contributed by atoms with Gasteiger partial charge < -0.3 is 10.1 Å². The van der Waals surface area contributed by atoms with Crippen molar-refractivity contribution in [2.24, 2.45) is 0 Å². The summed E-state index contributed by atoms with van der Waals surface area (Å²) in [5, 5.41) is 3.09. The SMILES string of the molecule is CCc1cccc(C)c1NC(=O)CN1CCC(OC)CC1. The van der Waals surface area contributed by atoms with Crippen LogP contribution in [0.1, 0.15) is 30.9 Å². The van der Waals surface area contributed by atoms with Crippen LogP contribution in [0.4, 0.5) is 5.69 Å². The molecular formula is C17H26N2O2. The first-order valence-corrected chi connectivity index (χ1v) is 7.77. The maximum Gasteiger partial charge on any atom is 0.238 e. The fourth-order valence-electron chi connectivity index (χ4n) is 2.89. The minimum Gasteiger partial charge on any atom is -0.381 e. The van der Waals surface area contributed by atoms with Gasteiger partial charge in [-0.05, 0) is 37.3 Å². The number of methoxy groups -OCH3 is 1. The summed E-state index contributed by atoms with van der Waals surface area (Å²) in [6.45, 7) is 6.48. The number of para-hydroxylation sites is 1. The molecule has 0 atom stereocenters. The van der Waals surface area contributed by atoms with Crippen LogP contribution in [0.3, 0.4) is 0 Å². The Hall–Kier alpha value is -1.39. The van der Waals surface area contributed by atoms with Crippen molar-refractivity contribution in [3.8, 4) is 0 Å². The van der Waals surface area contributed by atoms with Gasteiger partial charge in [0.05, 0.1) is 12.6 Å². The number of hydrogen-bond acceptors (Lipinski definition) is 3. The van der Waals surface area contributed by atoms with E-state index in [2.05, 4.69) is 23.2 Å². The van der Waals surface area contributed by atoms with E-state index >= 15 is 0 Å². The van der Waals surface area contributed by atoms with E-state index in [-0.39, 0.29) is 5.91 Å². The molecule has 1 fully saturated rings. The number of hydrogen-bond donors (Lipinski definition) is 1. The van der Waals surface area contributed by atoms with Gasteiger partial charge in [-0.2, -0.15) is 0 Å². The van der Waals surface area contributed by atoms with Crippen LogP contribution in [0.5, 0.6) is 0 Å². The zero-order chi connectivity index (χ0) is 15.2. The quantitative estimate of drug-likeness (QED) is 0.906. The molecule has 0 bridgehead atoms. The highest BCUT2D eigenvalue weighted by Gasteiger charge is 2.20. The molecule has 1 aromatic rings. The second kappa shape index (κ2) is 7.57. The van der Waals surface area contributed by atoms with Crippen LogP contribution in [0.2, 0.25) is 0 Å². The summed E-state index contributed by atoms with van der Waals surface area (Å²) in [5.41, 5.74) is 3.30. The van der Waals surface area contributed by atoms with Crippen molar-refractivity contribution < 1.29 is 9.53 Å². The van der Waals surface area contributed by atoms with E-state index in [1.54, 1.807) is 7.11 Å². The Morgan fingerprint density at radius 1 is 1.38 bits per heavy atom. The summed E-state index contributed by atoms with van der Waals surface area (Å²) in [6.07, 6.45) is 3.30. The van der Waals surface area contributed by atoms with Crippen molar-refractivity contribution in [3.05, 3.63) is 29.3 Å². The molecule has 1 saturated heterocycles. The monoisotopic (exact) mass is 290 g/mol. The fraction of sp³-hybridized carbons (Fsp3) is 0.588. The highest BCUT2D eigenvalue weighted by atomic mass is 16.5. The molecule has 2 rings (SSSR count). The number of anilines is 1. The average molecular weight is 290 g/mol. The molecule has 4 heteroatoms. The number of benzene rings is 1. The van der Waals surface area contributed by atoms with Gasteiger partial charge in [0, 0.05) is 25.9 Å². The molecule has 116 valence electrons. The van der Waals surface area contributed by atoms with E-state index in [1.807, 2.05) is 19.1 Å². The van der Waals surface area contributed by atoms with Gasteiger partial charge in [-0.15, -0.1) is 0 Å². The van der Waals surface area contributed by atoms with E-state index in [0.717, 1.165) is 43.6 Å². The summed E-state index contributed by atoms with van der Waals surface area (Å²) in [7, 11) is 1.76. The van der Waals surface area contributed by atoms with Crippen LogP contribution in [0, 0.1) is 6.92 Å². The zero-order valence-electron chi connectivity index (χ0n) is 13.3. The van der Waals surface area contributed by atoms with E-state index in [1.165, 1.54) is 5.56 Å². The maximum atomic E-state index is 12.3. The molecule has 1 N–H and O–H groups in total. The molecule has 4 nitrogen and oxygen atoms in total. The predicted molar refractivity (Wildman–Crippen MR) is 85.7 cm³/mol. The van der Waals surface area contributed by atoms with Gasteiger partial charge in [-0.3, -0.25) is 9.69 Å². The van der Waals surface area contributed by atoms with E-state index in [9.17, 15) is 4.79 Å². The minimum atomic E-state index is 0.0786. The van der Waals surface area contributed by atoms with Crippen molar-refractivity contribution in [2.75, 3.05) is 32.1 Å². The highest BCUT2D eigenvalue weighted by molar-refractivity contribution is 5.93. The number of aryl methyl sites for hydroxylation is 2. The standard InChI is InChI=1S/C17H26N2O2/c1-4-14-7-5-6-13(2)17(14)18-16(20)12-19-10-8-15(21-3)9-11-19/h5-7,15H,4,8-12H2,1-3H3,(H,18,20). The van der Waals surface area contributed by atoms with E-state index in [4.69, 9.17) is 4.74 Å². The van der Waals surface area contributed by atoms with Gasteiger partial charge in [0.15, 0.2) is 0 Å². The van der Waals surface area contributed by atoms with Crippen molar-refractivity contribution in [1.29, 1.82) is 0 Å². The molecule has 0 aromatic heterocycles. The van der Waals surface area contributed by atoms with Crippen LogP contribution in [-0.4, -0.2) is 43.7 Å². The number of carbonyl (C=O) groups excluding carboxylic acids is 1. The molecule has 1 aliphatic heterocycles. The molecular weight excluding hydrogens is 264 g/mol. The largest absolute Gasteiger partial charge is 0.381 e. The van der Waals surface area contributed by atoms with Crippen molar-refractivity contribution in [1.82, 2.24) is 4.90 Å². The highest BCUT2D eigenvalue weighted by Crippen LogP contribution is 2.21. The Labute approximate surface area is 127 Å². The van der Waals surface area contributed by atoms with Crippen molar-refractivity contribution in [2.45, 2.75) is 39.2 Å². The molecule has 1 aromatic carbocycles. The second-order valence-electron chi connectivity index (χ2n) is 5.72. The fourth-order valence-corrected chi connectivity index (χ4v) is 2.89. The van der Waals surface area contributed by atoms with E-state index in [0.29, 0.717) is 12.6 Å². The Morgan fingerprint density at radius 3 is 2.71 bits per heavy atom. The van der Waals surface area contributed by atoms with Gasteiger partial charge in [0.25, 0.3) is 0 Å². The number of piperidine rings is 1. The van der Waals surface area contributed by atoms with Gasteiger partial charge in [0.2, 0.25) is 5.91 Å². The lowest BCUT2D eigenvalue weighted by atomic mass is 10.1. The lowest BCUT2D eigenvalue weighted by Gasteiger charge is -2.30. The number of ether oxygens (including phenoxy) is 1. The molecule has 1 aliphatic rings. The van der Waals surface area contributed by atoms with Crippen LogP contribution < -0.4 is 5.32 Å². The normalized spacial score (nSPS) is 16.9. The Morgan fingerprint density at radius 2 is 2.10 bits per heavy atom. The van der Waals surface area contributed by atoms with Crippen LogP contribution in [-0.2, 0) is 16.0 Å². The summed E-state index contributed by atoms with van der Waals surface area (Å²) >= 11 is 0. The Balaban J connectivity index is 1.91. The number of amides is 1. The van der Waals surface area contributed by atoms with Gasteiger partial charge >= 0.3 is 0 Å². The van der Waals surface area contributed by atoms with Crippen molar-refractivity contribution in [3.63, 3.8) is 0 Å². The summed E-state index contributed by atoms with van der Waals surface area (Å²) in [4.78, 5) is 14.5. The number of nitrogens with zero attached hydrogens (tertiary/aromatic N) is 1. The first-order chi connectivity index (χ1) is 10.1. The van der Waals surface area contributed by atoms with Crippen molar-refractivity contribution >= 4 is 11.6 Å².